The van der Waals surface area contributed by atoms with Crippen molar-refractivity contribution in [1.29, 1.82) is 0 Å². The Morgan fingerprint density at radius 1 is 1.00 bits per heavy atom. The van der Waals surface area contributed by atoms with Gasteiger partial charge in [0.05, 0.1) is 27.2 Å². The van der Waals surface area contributed by atoms with Gasteiger partial charge in [0.1, 0.15) is 11.3 Å². The van der Waals surface area contributed by atoms with Gasteiger partial charge in [0.2, 0.25) is 11.9 Å². The summed E-state index contributed by atoms with van der Waals surface area (Å²) in [5, 5.41) is 9.86. The van der Waals surface area contributed by atoms with Crippen molar-refractivity contribution < 1.29 is 22.8 Å². The van der Waals surface area contributed by atoms with E-state index in [2.05, 4.69) is 20.9 Å². The molecular weight excluding hydrogens is 666 g/mol. The lowest BCUT2D eigenvalue weighted by Crippen LogP contribution is -2.41. The largest absolute Gasteiger partial charge is 0.391 e. The number of aromatic nitrogens is 3. The van der Waals surface area contributed by atoms with Crippen LogP contribution in [0.3, 0.4) is 0 Å². The van der Waals surface area contributed by atoms with Crippen LogP contribution >= 0.6 is 23.2 Å². The molecule has 0 atom stereocenters. The molecule has 6 rings (SSSR count). The smallest absolute Gasteiger partial charge is 0.353 e. The van der Waals surface area contributed by atoms with Gasteiger partial charge >= 0.3 is 6.18 Å². The molecule has 3 fully saturated rings. The summed E-state index contributed by atoms with van der Waals surface area (Å²) < 4.78 is 41.6. The summed E-state index contributed by atoms with van der Waals surface area (Å²) in [7, 11) is 1.81. The number of hydrogen-bond donors (Lipinski definition) is 3. The molecule has 0 unspecified atom stereocenters. The predicted molar refractivity (Wildman–Crippen MR) is 182 cm³/mol. The number of benzene rings is 1. The highest BCUT2D eigenvalue weighted by Crippen LogP contribution is 2.41. The van der Waals surface area contributed by atoms with Crippen molar-refractivity contribution in [2.24, 2.45) is 24.3 Å². The molecule has 2 amide bonds. The molecule has 0 saturated heterocycles. The number of amides is 2. The molecule has 3 saturated carbocycles. The summed E-state index contributed by atoms with van der Waals surface area (Å²) in [5.41, 5.74) is 1.92. The highest BCUT2D eigenvalue weighted by molar-refractivity contribution is 6.39. The lowest BCUT2D eigenvalue weighted by atomic mass is 9.85. The van der Waals surface area contributed by atoms with Gasteiger partial charge in [-0.1, -0.05) is 50.0 Å². The third kappa shape index (κ3) is 7.64. The molecule has 2 aromatic heterocycles. The Morgan fingerprint density at radius 3 is 2.29 bits per heavy atom. The second-order valence-corrected chi connectivity index (χ2v) is 15.3. The zero-order chi connectivity index (χ0) is 34.5. The molecule has 260 valence electrons. The van der Waals surface area contributed by atoms with E-state index in [-0.39, 0.29) is 56.1 Å². The van der Waals surface area contributed by atoms with Gasteiger partial charge in [-0.2, -0.15) is 13.2 Å². The first-order chi connectivity index (χ1) is 22.6. The average Bonchev–Trinajstić information content (AvgIpc) is 3.95. The Hall–Kier alpha value is -3.25. The number of nitrogens with one attached hydrogen (secondary N) is 3. The van der Waals surface area contributed by atoms with E-state index < -0.39 is 17.5 Å². The topological polar surface area (TPSA) is 104 Å². The number of anilines is 3. The van der Waals surface area contributed by atoms with Crippen LogP contribution in [0, 0.1) is 17.3 Å². The first-order valence-corrected chi connectivity index (χ1v) is 17.4. The van der Waals surface area contributed by atoms with Gasteiger partial charge in [-0.05, 0) is 75.0 Å². The van der Waals surface area contributed by atoms with Crippen LogP contribution in [0.4, 0.5) is 30.6 Å². The van der Waals surface area contributed by atoms with E-state index in [1.165, 1.54) is 0 Å². The molecule has 0 bridgehead atoms. The van der Waals surface area contributed by atoms with Gasteiger partial charge in [0.15, 0.2) is 5.65 Å². The van der Waals surface area contributed by atoms with Crippen molar-refractivity contribution in [1.82, 2.24) is 25.2 Å². The number of hydrogen-bond acceptors (Lipinski definition) is 6. The first-order valence-electron chi connectivity index (χ1n) is 16.6. The minimum atomic E-state index is -4.21. The predicted octanol–water partition coefficient (Wildman–Crippen LogP) is 7.91. The van der Waals surface area contributed by atoms with E-state index in [1.807, 2.05) is 27.8 Å². The maximum atomic E-state index is 13.9. The van der Waals surface area contributed by atoms with Crippen molar-refractivity contribution in [2.45, 2.75) is 96.9 Å². The minimum absolute atomic E-state index is 0.000975. The van der Waals surface area contributed by atoms with E-state index in [1.54, 1.807) is 22.8 Å². The number of pyridine rings is 1. The number of imidazole rings is 1. The van der Waals surface area contributed by atoms with Crippen LogP contribution in [0.15, 0.2) is 18.2 Å². The number of carbonyl (C=O) groups excluding carboxylic acids is 2. The monoisotopic (exact) mass is 707 g/mol. The van der Waals surface area contributed by atoms with Crippen molar-refractivity contribution in [2.75, 3.05) is 16.8 Å². The molecule has 48 heavy (non-hydrogen) atoms. The molecule has 3 aliphatic rings. The molecule has 3 aliphatic carbocycles. The highest BCUT2D eigenvalue weighted by Gasteiger charge is 2.42. The third-order valence-electron chi connectivity index (χ3n) is 9.53. The first kappa shape index (κ1) is 34.6. The van der Waals surface area contributed by atoms with Gasteiger partial charge in [0.25, 0.3) is 5.91 Å². The summed E-state index contributed by atoms with van der Waals surface area (Å²) >= 11 is 13.4. The van der Waals surface area contributed by atoms with Crippen molar-refractivity contribution >= 4 is 63.6 Å². The second-order valence-electron chi connectivity index (χ2n) is 14.5. The third-order valence-corrected chi connectivity index (χ3v) is 10.3. The Balaban J connectivity index is 1.30. The van der Waals surface area contributed by atoms with E-state index in [0.717, 1.165) is 32.2 Å². The number of rotatable bonds is 10. The Kier molecular flexibility index (Phi) is 9.54. The maximum Gasteiger partial charge on any atom is 0.391 e. The molecular formula is C34H42Cl2F3N7O2. The number of fused-ring (bicyclic) bond motifs is 1. The van der Waals surface area contributed by atoms with Crippen LogP contribution in [-0.4, -0.2) is 51.2 Å². The Bertz CT molecular complexity index is 1710. The van der Waals surface area contributed by atoms with E-state index in [9.17, 15) is 22.8 Å². The highest BCUT2D eigenvalue weighted by atomic mass is 35.5. The van der Waals surface area contributed by atoms with Crippen LogP contribution in [0.5, 0.6) is 0 Å². The number of halogens is 5. The van der Waals surface area contributed by atoms with E-state index in [0.29, 0.717) is 55.7 Å². The molecule has 3 N–H and O–H groups in total. The molecule has 0 radical (unpaired) electrons. The molecule has 1 aromatic carbocycles. The van der Waals surface area contributed by atoms with Crippen LogP contribution in [0.25, 0.3) is 11.2 Å². The van der Waals surface area contributed by atoms with Gasteiger partial charge in [0, 0.05) is 37.6 Å². The fourth-order valence-electron chi connectivity index (χ4n) is 6.20. The van der Waals surface area contributed by atoms with Gasteiger partial charge in [-0.3, -0.25) is 14.2 Å². The number of nitrogens with zero attached hydrogens (tertiary/aromatic N) is 4. The maximum absolute atomic E-state index is 13.9. The molecule has 2 heterocycles. The summed E-state index contributed by atoms with van der Waals surface area (Å²) in [4.78, 5) is 38.4. The summed E-state index contributed by atoms with van der Waals surface area (Å²) in [6.45, 7) is 6.50. The van der Waals surface area contributed by atoms with Crippen LogP contribution in [-0.2, 0) is 18.4 Å². The molecule has 0 aliphatic heterocycles. The minimum Gasteiger partial charge on any atom is -0.353 e. The normalized spacial score (nSPS) is 20.1. The van der Waals surface area contributed by atoms with Gasteiger partial charge in [-0.15, -0.1) is 0 Å². The number of carbonyl (C=O) groups is 2. The Labute approximate surface area is 288 Å². The summed E-state index contributed by atoms with van der Waals surface area (Å²) in [5.74, 6) is -0.284. The van der Waals surface area contributed by atoms with Crippen LogP contribution < -0.4 is 20.9 Å². The van der Waals surface area contributed by atoms with Crippen molar-refractivity contribution in [3.8, 4) is 0 Å². The molecule has 9 nitrogen and oxygen atoms in total. The fourth-order valence-corrected chi connectivity index (χ4v) is 6.73. The van der Waals surface area contributed by atoms with E-state index in [4.69, 9.17) is 33.2 Å². The average molecular weight is 709 g/mol. The summed E-state index contributed by atoms with van der Waals surface area (Å²) in [6.07, 6.45) is 0.616. The van der Waals surface area contributed by atoms with Gasteiger partial charge < -0.3 is 20.9 Å². The molecule has 3 aromatic rings. The van der Waals surface area contributed by atoms with Crippen molar-refractivity contribution in [3.05, 3.63) is 39.4 Å². The zero-order valence-electron chi connectivity index (χ0n) is 27.6. The van der Waals surface area contributed by atoms with Crippen molar-refractivity contribution in [3.63, 3.8) is 0 Å². The number of alkyl halides is 3. The van der Waals surface area contributed by atoms with Crippen LogP contribution in [0.2, 0.25) is 10.0 Å². The second kappa shape index (κ2) is 13.2. The summed E-state index contributed by atoms with van der Waals surface area (Å²) in [6, 6.07) is 5.12. The lowest BCUT2D eigenvalue weighted by Gasteiger charge is -2.31. The van der Waals surface area contributed by atoms with E-state index >= 15 is 0 Å². The quantitative estimate of drug-likeness (QED) is 0.198. The number of aryl methyl sites for hydroxylation is 1. The van der Waals surface area contributed by atoms with Gasteiger partial charge in [-0.25, -0.2) is 9.97 Å². The molecule has 0 spiro atoms. The van der Waals surface area contributed by atoms with Crippen LogP contribution in [0.1, 0.15) is 88.1 Å². The fraction of sp³-hybridized carbons (Fsp3) is 0.588. The zero-order valence-corrected chi connectivity index (χ0v) is 29.1. The Morgan fingerprint density at radius 2 is 1.69 bits per heavy atom. The molecule has 14 heteroatoms. The SMILES string of the molecule is Cn1c(Nc2c(Cl)ccc(CNC(=O)C(C)(C)C)c2Cl)nc2cc(C(=O)NC3CCC(C(F)(F)F)CC3)c(N(CC3CC3)C3CC3)nc21. The lowest BCUT2D eigenvalue weighted by molar-refractivity contribution is -0.182. The standard InChI is InChI=1S/C34H42Cl2F3N7O2/c1-33(2,3)31(48)40-16-19-7-14-24(35)27(26(19)36)43-32-42-25-15-23(30(47)41-21-10-8-20(9-11-21)34(37,38)39)28(44-29(25)45(32)4)46(22-12-13-22)17-18-5-6-18/h7,14-15,18,20-22H,5-6,8-13,16-17H2,1-4H3,(H,40,48)(H,41,47)(H,42,43).